The second kappa shape index (κ2) is 9.15. The molecule has 2 aliphatic heterocycles. The summed E-state index contributed by atoms with van der Waals surface area (Å²) in [7, 11) is 0. The number of rotatable bonds is 2. The lowest BCUT2D eigenvalue weighted by Gasteiger charge is -2.27. The number of amides is 3. The van der Waals surface area contributed by atoms with Gasteiger partial charge in [-0.05, 0) is 51.1 Å². The molecule has 0 radical (unpaired) electrons. The van der Waals surface area contributed by atoms with Gasteiger partial charge in [0.15, 0.2) is 0 Å². The van der Waals surface area contributed by atoms with Crippen molar-refractivity contribution >= 4 is 46.2 Å². The summed E-state index contributed by atoms with van der Waals surface area (Å²) >= 11 is 6.36. The zero-order valence-electron chi connectivity index (χ0n) is 20.4. The van der Waals surface area contributed by atoms with Gasteiger partial charge in [0.2, 0.25) is 0 Å². The van der Waals surface area contributed by atoms with Crippen LogP contribution >= 0.6 is 11.6 Å². The van der Waals surface area contributed by atoms with Crippen molar-refractivity contribution in [3.05, 3.63) is 52.5 Å². The average molecular weight is 510 g/mol. The van der Waals surface area contributed by atoms with E-state index in [-0.39, 0.29) is 11.9 Å². The van der Waals surface area contributed by atoms with E-state index in [2.05, 4.69) is 16.0 Å². The van der Waals surface area contributed by atoms with E-state index in [0.29, 0.717) is 58.2 Å². The second-order valence-electron chi connectivity index (χ2n) is 9.92. The van der Waals surface area contributed by atoms with E-state index in [9.17, 15) is 14.4 Å². The average Bonchev–Trinajstić information content (AvgIpc) is 3.40. The minimum atomic E-state index is -0.721. The lowest BCUT2D eigenvalue weighted by molar-refractivity contribution is 0.0547. The Labute approximate surface area is 213 Å². The quantitative estimate of drug-likeness (QED) is 0.474. The predicted octanol–water partition coefficient (Wildman–Crippen LogP) is 4.43. The smallest absolute Gasteiger partial charge is 0.419 e. The van der Waals surface area contributed by atoms with Crippen molar-refractivity contribution in [3.63, 3.8) is 0 Å². The van der Waals surface area contributed by atoms with Gasteiger partial charge in [0.1, 0.15) is 5.60 Å². The maximum atomic E-state index is 13.4. The Bertz CT molecular complexity index is 1390. The van der Waals surface area contributed by atoms with Crippen molar-refractivity contribution in [3.8, 4) is 11.3 Å². The van der Waals surface area contributed by atoms with Crippen LogP contribution in [0.2, 0.25) is 5.02 Å². The summed E-state index contributed by atoms with van der Waals surface area (Å²) in [6, 6.07) is 10.5. The third kappa shape index (κ3) is 4.52. The number of anilines is 1. The first-order valence-corrected chi connectivity index (χ1v) is 12.3. The molecule has 1 saturated heterocycles. The van der Waals surface area contributed by atoms with Crippen LogP contribution in [0.1, 0.15) is 36.7 Å². The Morgan fingerprint density at radius 2 is 1.83 bits per heavy atom. The number of ether oxygens (including phenoxy) is 1. The number of carbonyl (C=O) groups is 3. The Morgan fingerprint density at radius 1 is 1.08 bits per heavy atom. The number of aromatic nitrogens is 1. The van der Waals surface area contributed by atoms with E-state index in [1.165, 1.54) is 4.57 Å². The number of halogens is 1. The van der Waals surface area contributed by atoms with E-state index in [1.54, 1.807) is 49.9 Å². The van der Waals surface area contributed by atoms with Gasteiger partial charge in [-0.15, -0.1) is 0 Å². The first kappa shape index (κ1) is 24.1. The molecule has 10 heteroatoms. The molecule has 1 aromatic heterocycles. The third-order valence-corrected chi connectivity index (χ3v) is 6.57. The number of hydrogen-bond acceptors (Lipinski definition) is 5. The molecule has 0 aliphatic carbocycles. The van der Waals surface area contributed by atoms with Crippen LogP contribution in [0, 0.1) is 0 Å². The van der Waals surface area contributed by atoms with Gasteiger partial charge < -0.3 is 25.6 Å². The first-order chi connectivity index (χ1) is 17.1. The van der Waals surface area contributed by atoms with Crippen LogP contribution in [-0.2, 0) is 11.3 Å². The van der Waals surface area contributed by atoms with Crippen LogP contribution in [0.15, 0.2) is 36.4 Å². The highest BCUT2D eigenvalue weighted by molar-refractivity contribution is 6.32. The molecule has 36 heavy (non-hydrogen) atoms. The lowest BCUT2D eigenvalue weighted by atomic mass is 10.00. The van der Waals surface area contributed by atoms with Gasteiger partial charge in [-0.2, -0.15) is 0 Å². The molecule has 3 heterocycles. The largest absolute Gasteiger partial charge is 0.443 e. The molecule has 0 unspecified atom stereocenters. The molecule has 3 aromatic rings. The van der Waals surface area contributed by atoms with E-state index >= 15 is 0 Å². The number of fused-ring (bicyclic) bond motifs is 2. The van der Waals surface area contributed by atoms with Gasteiger partial charge in [0.05, 0.1) is 16.8 Å². The van der Waals surface area contributed by atoms with Crippen molar-refractivity contribution in [2.75, 3.05) is 31.5 Å². The molecular formula is C26H28ClN5O4. The molecule has 3 N–H and O–H groups in total. The minimum absolute atomic E-state index is 0.171. The number of nitrogens with zero attached hydrogens (tertiary/aromatic N) is 2. The number of nitrogens with one attached hydrogen (secondary N) is 3. The maximum Gasteiger partial charge on any atom is 0.419 e. The van der Waals surface area contributed by atoms with E-state index < -0.39 is 11.7 Å². The molecule has 1 fully saturated rings. The Kier molecular flexibility index (Phi) is 6.13. The zero-order valence-corrected chi connectivity index (χ0v) is 21.2. The number of hydrogen-bond donors (Lipinski definition) is 3. The highest BCUT2D eigenvalue weighted by atomic mass is 35.5. The van der Waals surface area contributed by atoms with Gasteiger partial charge in [-0.3, -0.25) is 4.79 Å². The topological polar surface area (TPSA) is 105 Å². The highest BCUT2D eigenvalue weighted by Crippen LogP contribution is 2.37. The molecule has 2 aromatic carbocycles. The van der Waals surface area contributed by atoms with Crippen LogP contribution < -0.4 is 16.0 Å². The second-order valence-corrected chi connectivity index (χ2v) is 10.3. The van der Waals surface area contributed by atoms with Crippen molar-refractivity contribution in [2.45, 2.75) is 32.9 Å². The summed E-state index contributed by atoms with van der Waals surface area (Å²) in [4.78, 5) is 40.6. The molecule has 9 nitrogen and oxygen atoms in total. The molecule has 188 valence electrons. The van der Waals surface area contributed by atoms with Crippen LogP contribution in [0.4, 0.5) is 15.3 Å². The molecule has 0 saturated carbocycles. The summed E-state index contributed by atoms with van der Waals surface area (Å²) in [5.74, 6) is -0.243. The number of benzene rings is 2. The monoisotopic (exact) mass is 509 g/mol. The predicted molar refractivity (Wildman–Crippen MR) is 139 cm³/mol. The van der Waals surface area contributed by atoms with Gasteiger partial charge in [-0.1, -0.05) is 17.7 Å². The Balaban J connectivity index is 1.60. The lowest BCUT2D eigenvalue weighted by Crippen LogP contribution is -2.48. The van der Waals surface area contributed by atoms with Crippen molar-refractivity contribution in [1.82, 2.24) is 20.1 Å². The zero-order chi connectivity index (χ0) is 25.6. The molecule has 5 rings (SSSR count). The fourth-order valence-corrected chi connectivity index (χ4v) is 4.82. The van der Waals surface area contributed by atoms with Crippen LogP contribution in [-0.4, -0.2) is 59.3 Å². The normalized spacial score (nSPS) is 15.6. The van der Waals surface area contributed by atoms with Gasteiger partial charge >= 0.3 is 12.1 Å². The SMILES string of the molecule is CC(C)(C)OC(=O)n1c(-c2ccc(Cl)c3c2C(=O)NC3)cc2cc(NC(=O)N3CCNCC3)ccc21. The van der Waals surface area contributed by atoms with Gasteiger partial charge in [0.25, 0.3) is 5.91 Å². The fraction of sp³-hybridized carbons (Fsp3) is 0.346. The van der Waals surface area contributed by atoms with Crippen molar-refractivity contribution < 1.29 is 19.1 Å². The van der Waals surface area contributed by atoms with Crippen molar-refractivity contribution in [2.24, 2.45) is 0 Å². The Hall–Kier alpha value is -3.56. The summed E-state index contributed by atoms with van der Waals surface area (Å²) in [5, 5.41) is 10.2. The Morgan fingerprint density at radius 3 is 2.56 bits per heavy atom. The van der Waals surface area contributed by atoms with Crippen LogP contribution in [0.5, 0.6) is 0 Å². The van der Waals surface area contributed by atoms with E-state index in [1.807, 2.05) is 12.1 Å². The van der Waals surface area contributed by atoms with E-state index in [0.717, 1.165) is 18.5 Å². The minimum Gasteiger partial charge on any atom is -0.443 e. The van der Waals surface area contributed by atoms with E-state index in [4.69, 9.17) is 16.3 Å². The number of urea groups is 1. The molecule has 0 atom stereocenters. The van der Waals surface area contributed by atoms with Crippen LogP contribution in [0.25, 0.3) is 22.2 Å². The molecule has 0 bridgehead atoms. The summed E-state index contributed by atoms with van der Waals surface area (Å²) in [6.45, 7) is 8.51. The molecule has 2 aliphatic rings. The highest BCUT2D eigenvalue weighted by Gasteiger charge is 2.30. The third-order valence-electron chi connectivity index (χ3n) is 6.22. The number of carbonyl (C=O) groups excluding carboxylic acids is 3. The standard InChI is InChI=1S/C26H28ClN5O4/c1-26(2,3)36-25(35)32-20-7-4-16(30-24(34)31-10-8-28-9-11-31)12-15(20)13-21(32)17-5-6-19(27)18-14-29-23(33)22(17)18/h4-7,12-13,28H,8-11,14H2,1-3H3,(H,29,33)(H,30,34). The van der Waals surface area contributed by atoms with Gasteiger partial charge in [-0.25, -0.2) is 14.2 Å². The maximum absolute atomic E-state index is 13.4. The summed E-state index contributed by atoms with van der Waals surface area (Å²) in [6.07, 6.45) is -0.563. The molecule has 0 spiro atoms. The van der Waals surface area contributed by atoms with Crippen LogP contribution in [0.3, 0.4) is 0 Å². The summed E-state index contributed by atoms with van der Waals surface area (Å²) < 4.78 is 7.18. The summed E-state index contributed by atoms with van der Waals surface area (Å²) in [5.41, 5.74) is 2.72. The first-order valence-electron chi connectivity index (χ1n) is 11.9. The number of piperazine rings is 1. The van der Waals surface area contributed by atoms with Crippen molar-refractivity contribution in [1.29, 1.82) is 0 Å². The van der Waals surface area contributed by atoms with Gasteiger partial charge in [0, 0.05) is 59.9 Å². The fourth-order valence-electron chi connectivity index (χ4n) is 4.59. The molecule has 3 amide bonds. The molecular weight excluding hydrogens is 482 g/mol.